The van der Waals surface area contributed by atoms with E-state index in [0.717, 1.165) is 0 Å². The first-order chi connectivity index (χ1) is 5.05. The molecular weight excluding hydrogens is 160 g/mol. The molecule has 0 amide bonds. The van der Waals surface area contributed by atoms with E-state index in [-0.39, 0.29) is 10.5 Å². The number of hydrogen-bond acceptors (Lipinski definition) is 2. The number of rotatable bonds is 0. The Morgan fingerprint density at radius 3 is 1.73 bits per heavy atom. The fourth-order valence-corrected chi connectivity index (χ4v) is 2.30. The monoisotopic (exact) mass is 172 g/mol. The molecule has 0 spiro atoms. The molecule has 0 radical (unpaired) electrons. The minimum atomic E-state index is -2.95. The summed E-state index contributed by atoms with van der Waals surface area (Å²) in [4.78, 5) is 0. The van der Waals surface area contributed by atoms with Gasteiger partial charge < -0.3 is 0 Å². The van der Waals surface area contributed by atoms with E-state index in [4.69, 9.17) is 0 Å². The van der Waals surface area contributed by atoms with Gasteiger partial charge in [-0.2, -0.15) is 0 Å². The molecule has 0 unspecified atom stereocenters. The second-order valence-corrected chi connectivity index (χ2v) is 5.43. The second kappa shape index (κ2) is 2.81. The zero-order valence-corrected chi connectivity index (χ0v) is 7.51. The van der Waals surface area contributed by atoms with Crippen LogP contribution in [0, 0.1) is 0 Å². The molecule has 1 aliphatic heterocycles. The molecule has 0 aromatic rings. The minimum Gasteiger partial charge on any atom is -0.228 e. The zero-order valence-electron chi connectivity index (χ0n) is 6.69. The van der Waals surface area contributed by atoms with Crippen LogP contribution in [-0.4, -0.2) is 18.9 Å². The van der Waals surface area contributed by atoms with Gasteiger partial charge in [0.2, 0.25) is 0 Å². The fourth-order valence-electron chi connectivity index (χ4n) is 0.999. The van der Waals surface area contributed by atoms with Crippen molar-refractivity contribution in [1.82, 2.24) is 0 Å². The van der Waals surface area contributed by atoms with E-state index in [1.807, 2.05) is 0 Å². The molecule has 0 fully saturated rings. The van der Waals surface area contributed by atoms with Crippen LogP contribution in [-0.2, 0) is 9.84 Å². The van der Waals surface area contributed by atoms with E-state index in [9.17, 15) is 8.42 Å². The van der Waals surface area contributed by atoms with E-state index in [1.165, 1.54) is 0 Å². The summed E-state index contributed by atoms with van der Waals surface area (Å²) in [5, 5.41) is -0.708. The molecule has 3 heteroatoms. The van der Waals surface area contributed by atoms with Crippen LogP contribution < -0.4 is 0 Å². The topological polar surface area (TPSA) is 34.1 Å². The SMILES string of the molecule is C[C@@H]1C=CC=C[C@H](C)S1(=O)=O. The van der Waals surface area contributed by atoms with Crippen LogP contribution in [0.3, 0.4) is 0 Å². The Morgan fingerprint density at radius 2 is 1.36 bits per heavy atom. The van der Waals surface area contributed by atoms with Gasteiger partial charge in [-0.25, -0.2) is 8.42 Å². The maximum atomic E-state index is 11.4. The third-order valence-electron chi connectivity index (χ3n) is 1.91. The summed E-state index contributed by atoms with van der Waals surface area (Å²) in [6.07, 6.45) is 6.97. The Morgan fingerprint density at radius 1 is 1.00 bits per heavy atom. The van der Waals surface area contributed by atoms with Crippen molar-refractivity contribution in [3.8, 4) is 0 Å². The molecule has 2 atom stereocenters. The molecule has 1 heterocycles. The zero-order chi connectivity index (χ0) is 8.48. The van der Waals surface area contributed by atoms with Gasteiger partial charge in [-0.1, -0.05) is 24.3 Å². The molecule has 0 aromatic heterocycles. The Bertz CT molecular complexity index is 261. The normalized spacial score (nSPS) is 35.1. The van der Waals surface area contributed by atoms with Crippen molar-refractivity contribution in [2.75, 3.05) is 0 Å². The van der Waals surface area contributed by atoms with Crippen LogP contribution in [0.15, 0.2) is 24.3 Å². The van der Waals surface area contributed by atoms with Gasteiger partial charge in [0.25, 0.3) is 0 Å². The van der Waals surface area contributed by atoms with Crippen LogP contribution >= 0.6 is 0 Å². The number of sulfone groups is 1. The van der Waals surface area contributed by atoms with Gasteiger partial charge in [0.15, 0.2) is 9.84 Å². The molecule has 0 bridgehead atoms. The third kappa shape index (κ3) is 1.53. The van der Waals surface area contributed by atoms with Crippen molar-refractivity contribution in [3.63, 3.8) is 0 Å². The molecule has 0 N–H and O–H groups in total. The average molecular weight is 172 g/mol. The fraction of sp³-hybridized carbons (Fsp3) is 0.500. The van der Waals surface area contributed by atoms with Crippen molar-refractivity contribution >= 4 is 9.84 Å². The first kappa shape index (κ1) is 8.53. The predicted molar refractivity (Wildman–Crippen MR) is 46.1 cm³/mol. The Hall–Kier alpha value is -0.570. The van der Waals surface area contributed by atoms with E-state index in [1.54, 1.807) is 38.2 Å². The molecule has 1 aliphatic rings. The summed E-state index contributed by atoms with van der Waals surface area (Å²) in [6, 6.07) is 0. The van der Waals surface area contributed by atoms with Crippen molar-refractivity contribution in [3.05, 3.63) is 24.3 Å². The smallest absolute Gasteiger partial charge is 0.162 e. The van der Waals surface area contributed by atoms with Gasteiger partial charge in [0.05, 0.1) is 10.5 Å². The van der Waals surface area contributed by atoms with Crippen LogP contribution in [0.25, 0.3) is 0 Å². The molecule has 2 nitrogen and oxygen atoms in total. The third-order valence-corrected chi connectivity index (χ3v) is 4.30. The molecule has 0 saturated carbocycles. The summed E-state index contributed by atoms with van der Waals surface area (Å²) in [5.74, 6) is 0. The highest BCUT2D eigenvalue weighted by molar-refractivity contribution is 7.92. The lowest BCUT2D eigenvalue weighted by molar-refractivity contribution is 0.586. The largest absolute Gasteiger partial charge is 0.228 e. The van der Waals surface area contributed by atoms with Gasteiger partial charge in [-0.15, -0.1) is 0 Å². The van der Waals surface area contributed by atoms with Gasteiger partial charge in [0, 0.05) is 0 Å². The van der Waals surface area contributed by atoms with E-state index >= 15 is 0 Å². The molecule has 0 saturated heterocycles. The Balaban J connectivity index is 3.09. The summed E-state index contributed by atoms with van der Waals surface area (Å²) in [7, 11) is -2.95. The van der Waals surface area contributed by atoms with Crippen LogP contribution in [0.2, 0.25) is 0 Å². The summed E-state index contributed by atoms with van der Waals surface area (Å²) >= 11 is 0. The quantitative estimate of drug-likeness (QED) is 0.552. The minimum absolute atomic E-state index is 0.354. The van der Waals surface area contributed by atoms with E-state index < -0.39 is 9.84 Å². The maximum absolute atomic E-state index is 11.4. The summed E-state index contributed by atoms with van der Waals surface area (Å²) in [6.45, 7) is 3.41. The van der Waals surface area contributed by atoms with Gasteiger partial charge in [-0.3, -0.25) is 0 Å². The highest BCUT2D eigenvalue weighted by atomic mass is 32.2. The maximum Gasteiger partial charge on any atom is 0.162 e. The standard InChI is InChI=1S/C8H12O2S/c1-7-5-3-4-6-8(2)11(7,9)10/h3-8H,1-2H3/t7-,8+. The number of allylic oxidation sites excluding steroid dienone is 2. The highest BCUT2D eigenvalue weighted by Crippen LogP contribution is 2.14. The predicted octanol–water partition coefficient (Wildman–Crippen LogP) is 1.30. The molecule has 62 valence electrons. The van der Waals surface area contributed by atoms with Gasteiger partial charge in [0.1, 0.15) is 0 Å². The lowest BCUT2D eigenvalue weighted by atomic mass is 10.3. The summed E-state index contributed by atoms with van der Waals surface area (Å²) in [5.41, 5.74) is 0. The highest BCUT2D eigenvalue weighted by Gasteiger charge is 2.24. The van der Waals surface area contributed by atoms with Crippen LogP contribution in [0.5, 0.6) is 0 Å². The van der Waals surface area contributed by atoms with Gasteiger partial charge >= 0.3 is 0 Å². The van der Waals surface area contributed by atoms with Crippen molar-refractivity contribution in [2.24, 2.45) is 0 Å². The second-order valence-electron chi connectivity index (χ2n) is 2.77. The lowest BCUT2D eigenvalue weighted by Gasteiger charge is -2.10. The summed E-state index contributed by atoms with van der Waals surface area (Å²) < 4.78 is 22.9. The van der Waals surface area contributed by atoms with Crippen molar-refractivity contribution in [1.29, 1.82) is 0 Å². The van der Waals surface area contributed by atoms with Crippen LogP contribution in [0.1, 0.15) is 13.8 Å². The first-order valence-electron chi connectivity index (χ1n) is 3.63. The first-order valence-corrected chi connectivity index (χ1v) is 5.24. The Labute approximate surface area is 67.5 Å². The molecule has 0 aliphatic carbocycles. The van der Waals surface area contributed by atoms with Crippen molar-refractivity contribution < 1.29 is 8.42 Å². The van der Waals surface area contributed by atoms with Crippen LogP contribution in [0.4, 0.5) is 0 Å². The van der Waals surface area contributed by atoms with Gasteiger partial charge in [-0.05, 0) is 13.8 Å². The van der Waals surface area contributed by atoms with E-state index in [0.29, 0.717) is 0 Å². The lowest BCUT2D eigenvalue weighted by Crippen LogP contribution is -2.24. The molecule has 1 rings (SSSR count). The molecular formula is C8H12O2S. The molecule has 11 heavy (non-hydrogen) atoms. The van der Waals surface area contributed by atoms with Crippen molar-refractivity contribution in [2.45, 2.75) is 24.3 Å². The number of hydrogen-bond donors (Lipinski definition) is 0. The Kier molecular flexibility index (Phi) is 2.18. The average Bonchev–Trinajstić information content (AvgIpc) is 2.03. The van der Waals surface area contributed by atoms with E-state index in [2.05, 4.69) is 0 Å². The molecule has 0 aromatic carbocycles.